The van der Waals surface area contributed by atoms with Crippen LogP contribution in [0, 0.1) is 0 Å². The number of H-pyrrole nitrogens is 2. The summed E-state index contributed by atoms with van der Waals surface area (Å²) < 4.78 is 0. The van der Waals surface area contributed by atoms with Gasteiger partial charge in [-0.1, -0.05) is 6.42 Å². The highest BCUT2D eigenvalue weighted by atomic mass is 16.2. The van der Waals surface area contributed by atoms with Gasteiger partial charge in [0, 0.05) is 41.4 Å². The lowest BCUT2D eigenvalue weighted by molar-refractivity contribution is 0.141. The molecule has 0 unspecified atom stereocenters. The first-order valence-electron chi connectivity index (χ1n) is 13.9. The maximum Gasteiger partial charge on any atom is 0.319 e. The van der Waals surface area contributed by atoms with Crippen molar-refractivity contribution in [3.63, 3.8) is 0 Å². The number of rotatable bonds is 4. The van der Waals surface area contributed by atoms with Crippen LogP contribution in [0.5, 0.6) is 0 Å². The van der Waals surface area contributed by atoms with Crippen LogP contribution in [0.1, 0.15) is 52.9 Å². The molecule has 4 heterocycles. The summed E-state index contributed by atoms with van der Waals surface area (Å²) in [7, 11) is 0. The fourth-order valence-electron chi connectivity index (χ4n) is 5.86. The van der Waals surface area contributed by atoms with E-state index in [4.69, 9.17) is 4.98 Å². The summed E-state index contributed by atoms with van der Waals surface area (Å²) in [5, 5.41) is 14.4. The number of nitrogens with one attached hydrogen (secondary N) is 4. The van der Waals surface area contributed by atoms with E-state index in [-0.39, 0.29) is 11.6 Å². The van der Waals surface area contributed by atoms with Gasteiger partial charge in [0.1, 0.15) is 5.69 Å². The number of imidazole rings is 1. The minimum atomic E-state index is -0.306. The molecule has 2 saturated heterocycles. The zero-order valence-electron chi connectivity index (χ0n) is 22.6. The Morgan fingerprint density at radius 2 is 1.76 bits per heavy atom. The number of piperidine rings is 2. The molecule has 2 fully saturated rings. The van der Waals surface area contributed by atoms with Crippen LogP contribution in [0.4, 0.5) is 16.2 Å². The molecule has 2 aliphatic heterocycles. The Morgan fingerprint density at radius 1 is 0.974 bits per heavy atom. The fourth-order valence-corrected chi connectivity index (χ4v) is 5.86. The molecule has 0 radical (unpaired) electrons. The van der Waals surface area contributed by atoms with Crippen LogP contribution in [0.3, 0.4) is 0 Å². The molecule has 4 aromatic rings. The molecule has 2 amide bonds. The molecule has 38 heavy (non-hydrogen) atoms. The third-order valence-corrected chi connectivity index (χ3v) is 7.74. The Balaban J connectivity index is 1.17. The first-order valence-corrected chi connectivity index (χ1v) is 13.9. The second-order valence-electron chi connectivity index (χ2n) is 11.8. The number of aromatic nitrogens is 4. The largest absolute Gasteiger partial charge is 0.371 e. The zero-order chi connectivity index (χ0) is 26.3. The molecule has 9 nitrogen and oxygen atoms in total. The SMILES string of the molecule is CC(C)(C)NC(=O)Nc1ccc2c(-c3nc4ccc(N5CCC(N6CCCCC6)CC5)cc4[nH]3)n[nH]c2c1. The van der Waals surface area contributed by atoms with E-state index >= 15 is 0 Å². The number of hydrogen-bond donors (Lipinski definition) is 4. The minimum Gasteiger partial charge on any atom is -0.371 e. The van der Waals surface area contributed by atoms with Crippen LogP contribution < -0.4 is 15.5 Å². The number of carbonyl (C=O) groups is 1. The Kier molecular flexibility index (Phi) is 6.47. The molecular formula is C29H38N8O. The second kappa shape index (κ2) is 9.94. The highest BCUT2D eigenvalue weighted by Gasteiger charge is 2.26. The van der Waals surface area contributed by atoms with E-state index in [2.05, 4.69) is 53.8 Å². The van der Waals surface area contributed by atoms with Gasteiger partial charge in [0.05, 0.1) is 16.6 Å². The number of urea groups is 1. The molecule has 0 aliphatic carbocycles. The molecule has 9 heteroatoms. The van der Waals surface area contributed by atoms with Crippen molar-refractivity contribution in [3.8, 4) is 11.5 Å². The number of nitrogens with zero attached hydrogens (tertiary/aromatic N) is 4. The van der Waals surface area contributed by atoms with Crippen molar-refractivity contribution in [1.29, 1.82) is 0 Å². The number of benzene rings is 2. The van der Waals surface area contributed by atoms with E-state index < -0.39 is 0 Å². The number of anilines is 2. The van der Waals surface area contributed by atoms with E-state index in [1.807, 2.05) is 39.0 Å². The number of hydrogen-bond acceptors (Lipinski definition) is 5. The Hall–Kier alpha value is -3.59. The summed E-state index contributed by atoms with van der Waals surface area (Å²) in [6.07, 6.45) is 6.58. The fraction of sp³-hybridized carbons (Fsp3) is 0.483. The van der Waals surface area contributed by atoms with Crippen molar-refractivity contribution >= 4 is 39.3 Å². The van der Waals surface area contributed by atoms with Gasteiger partial charge in [-0.3, -0.25) is 5.10 Å². The lowest BCUT2D eigenvalue weighted by Gasteiger charge is -2.41. The third-order valence-electron chi connectivity index (χ3n) is 7.74. The summed E-state index contributed by atoms with van der Waals surface area (Å²) in [5.41, 5.74) is 5.20. The van der Waals surface area contributed by atoms with Crippen molar-refractivity contribution < 1.29 is 4.79 Å². The Bertz CT molecular complexity index is 1430. The van der Waals surface area contributed by atoms with Gasteiger partial charge in [0.2, 0.25) is 0 Å². The predicted octanol–water partition coefficient (Wildman–Crippen LogP) is 5.48. The van der Waals surface area contributed by atoms with Crippen molar-refractivity contribution in [2.75, 3.05) is 36.4 Å². The van der Waals surface area contributed by atoms with Gasteiger partial charge in [-0.25, -0.2) is 9.78 Å². The van der Waals surface area contributed by atoms with Crippen molar-refractivity contribution in [2.24, 2.45) is 0 Å². The van der Waals surface area contributed by atoms with Crippen LogP contribution in [0.25, 0.3) is 33.5 Å². The summed E-state index contributed by atoms with van der Waals surface area (Å²) >= 11 is 0. The molecule has 2 aliphatic rings. The zero-order valence-corrected chi connectivity index (χ0v) is 22.6. The van der Waals surface area contributed by atoms with Gasteiger partial charge in [-0.15, -0.1) is 0 Å². The monoisotopic (exact) mass is 514 g/mol. The smallest absolute Gasteiger partial charge is 0.319 e. The van der Waals surface area contributed by atoms with Gasteiger partial charge in [-0.2, -0.15) is 5.10 Å². The number of carbonyl (C=O) groups excluding carboxylic acids is 1. The Labute approximate surface area is 223 Å². The maximum absolute atomic E-state index is 12.3. The van der Waals surface area contributed by atoms with E-state index in [9.17, 15) is 4.79 Å². The topological polar surface area (TPSA) is 105 Å². The van der Waals surface area contributed by atoms with Crippen LogP contribution in [-0.2, 0) is 0 Å². The lowest BCUT2D eigenvalue weighted by Crippen LogP contribution is -2.46. The molecule has 6 rings (SSSR count). The molecule has 0 saturated carbocycles. The standard InChI is InChI=1S/C29H38N8O/c1-29(2,3)33-28(38)30-19-7-9-22-24(17-19)34-35-26(22)27-31-23-10-8-21(18-25(23)32-27)37-15-11-20(12-16-37)36-13-5-4-6-14-36/h7-10,17-18,20H,4-6,11-16H2,1-3H3,(H,31,32)(H,34,35)(H2,30,33,38). The predicted molar refractivity (Wildman–Crippen MR) is 154 cm³/mol. The van der Waals surface area contributed by atoms with E-state index in [1.54, 1.807) is 0 Å². The average Bonchev–Trinajstić information content (AvgIpc) is 3.51. The second-order valence-corrected chi connectivity index (χ2v) is 11.8. The van der Waals surface area contributed by atoms with Crippen LogP contribution >= 0.6 is 0 Å². The van der Waals surface area contributed by atoms with Crippen molar-refractivity contribution in [1.82, 2.24) is 30.4 Å². The van der Waals surface area contributed by atoms with Crippen LogP contribution in [-0.4, -0.2) is 68.9 Å². The molecule has 2 aromatic heterocycles. The van der Waals surface area contributed by atoms with Gasteiger partial charge in [-0.05, 0) is 95.9 Å². The molecule has 4 N–H and O–H groups in total. The van der Waals surface area contributed by atoms with Gasteiger partial charge < -0.3 is 25.4 Å². The van der Waals surface area contributed by atoms with Gasteiger partial charge in [0.15, 0.2) is 5.82 Å². The van der Waals surface area contributed by atoms with Gasteiger partial charge in [0.25, 0.3) is 0 Å². The summed E-state index contributed by atoms with van der Waals surface area (Å²) in [5.74, 6) is 0.735. The molecule has 0 atom stereocenters. The number of aromatic amines is 2. The number of amides is 2. The first-order chi connectivity index (χ1) is 18.3. The van der Waals surface area contributed by atoms with Gasteiger partial charge >= 0.3 is 6.03 Å². The summed E-state index contributed by atoms with van der Waals surface area (Å²) in [4.78, 5) is 25.8. The van der Waals surface area contributed by atoms with Crippen molar-refractivity contribution in [3.05, 3.63) is 36.4 Å². The first kappa shape index (κ1) is 24.7. The number of likely N-dealkylation sites (tertiary alicyclic amines) is 1. The quantitative estimate of drug-likeness (QED) is 0.289. The molecule has 0 bridgehead atoms. The lowest BCUT2D eigenvalue weighted by atomic mass is 9.99. The minimum absolute atomic E-state index is 0.236. The number of fused-ring (bicyclic) bond motifs is 2. The van der Waals surface area contributed by atoms with E-state index in [0.29, 0.717) is 5.69 Å². The summed E-state index contributed by atoms with van der Waals surface area (Å²) in [6.45, 7) is 10.6. The molecule has 200 valence electrons. The van der Waals surface area contributed by atoms with Crippen LogP contribution in [0.2, 0.25) is 0 Å². The third kappa shape index (κ3) is 5.20. The maximum atomic E-state index is 12.3. The average molecular weight is 515 g/mol. The molecule has 0 spiro atoms. The molecular weight excluding hydrogens is 476 g/mol. The van der Waals surface area contributed by atoms with Crippen LogP contribution in [0.15, 0.2) is 36.4 Å². The normalized spacial score (nSPS) is 17.8. The van der Waals surface area contributed by atoms with E-state index in [1.165, 1.54) is 50.9 Å². The Morgan fingerprint density at radius 3 is 2.53 bits per heavy atom. The van der Waals surface area contributed by atoms with E-state index in [0.717, 1.165) is 52.6 Å². The van der Waals surface area contributed by atoms with Crippen molar-refractivity contribution in [2.45, 2.75) is 64.5 Å². The highest BCUT2D eigenvalue weighted by molar-refractivity contribution is 5.97. The highest BCUT2D eigenvalue weighted by Crippen LogP contribution is 2.31. The summed E-state index contributed by atoms with van der Waals surface area (Å²) in [6, 6.07) is 12.8. The molecule has 2 aromatic carbocycles.